The van der Waals surface area contributed by atoms with Gasteiger partial charge < -0.3 is 5.32 Å². The Labute approximate surface area is 99.5 Å². The van der Waals surface area contributed by atoms with Gasteiger partial charge in [-0.25, -0.2) is 0 Å². The summed E-state index contributed by atoms with van der Waals surface area (Å²) in [5.41, 5.74) is 0. The lowest BCUT2D eigenvalue weighted by molar-refractivity contribution is 0.367. The lowest BCUT2D eigenvalue weighted by Gasteiger charge is -2.18. The number of rotatable bonds is 2. The molecule has 16 heavy (non-hydrogen) atoms. The minimum Gasteiger partial charge on any atom is -0.391 e. The molecule has 1 aliphatic heterocycles. The van der Waals surface area contributed by atoms with Crippen LogP contribution in [0.1, 0.15) is 33.1 Å². The Hall–Kier alpha value is -1.05. The van der Waals surface area contributed by atoms with Crippen molar-refractivity contribution >= 4 is 6.21 Å². The summed E-state index contributed by atoms with van der Waals surface area (Å²) in [4.78, 5) is 4.40. The van der Waals surface area contributed by atoms with Crippen molar-refractivity contribution in [3.05, 3.63) is 24.4 Å². The molecule has 0 radical (unpaired) electrons. The SMILES string of the molecule is CC(C)CC1CC\N=C/C=C\C=C\NCC1. The van der Waals surface area contributed by atoms with Crippen molar-refractivity contribution in [3.63, 3.8) is 0 Å². The van der Waals surface area contributed by atoms with Crippen LogP contribution in [-0.4, -0.2) is 19.3 Å². The summed E-state index contributed by atoms with van der Waals surface area (Å²) >= 11 is 0. The highest BCUT2D eigenvalue weighted by atomic mass is 14.8. The third kappa shape index (κ3) is 6.44. The van der Waals surface area contributed by atoms with Crippen molar-refractivity contribution in [2.24, 2.45) is 16.8 Å². The van der Waals surface area contributed by atoms with Gasteiger partial charge in [0.2, 0.25) is 0 Å². The maximum atomic E-state index is 4.40. The van der Waals surface area contributed by atoms with Gasteiger partial charge in [0.05, 0.1) is 0 Å². The second kappa shape index (κ2) is 8.14. The molecule has 0 aromatic carbocycles. The maximum absolute atomic E-state index is 4.40. The van der Waals surface area contributed by atoms with E-state index in [2.05, 4.69) is 24.2 Å². The Morgan fingerprint density at radius 3 is 2.94 bits per heavy atom. The van der Waals surface area contributed by atoms with Crippen LogP contribution in [0, 0.1) is 11.8 Å². The Balaban J connectivity index is 2.44. The van der Waals surface area contributed by atoms with Crippen LogP contribution in [0.3, 0.4) is 0 Å². The first-order chi connectivity index (χ1) is 7.79. The lowest BCUT2D eigenvalue weighted by atomic mass is 9.91. The van der Waals surface area contributed by atoms with Gasteiger partial charge in [-0.3, -0.25) is 4.99 Å². The van der Waals surface area contributed by atoms with Crippen molar-refractivity contribution in [2.45, 2.75) is 33.1 Å². The van der Waals surface area contributed by atoms with E-state index >= 15 is 0 Å². The Morgan fingerprint density at radius 1 is 1.25 bits per heavy atom. The van der Waals surface area contributed by atoms with Crippen molar-refractivity contribution in [1.82, 2.24) is 5.32 Å². The molecular weight excluding hydrogens is 196 g/mol. The highest BCUT2D eigenvalue weighted by Gasteiger charge is 2.09. The number of nitrogens with one attached hydrogen (secondary N) is 1. The molecule has 0 amide bonds. The van der Waals surface area contributed by atoms with Crippen LogP contribution >= 0.6 is 0 Å². The molecule has 0 bridgehead atoms. The van der Waals surface area contributed by atoms with Gasteiger partial charge in [0.25, 0.3) is 0 Å². The summed E-state index contributed by atoms with van der Waals surface area (Å²) in [6.07, 6.45) is 13.7. The van der Waals surface area contributed by atoms with E-state index in [9.17, 15) is 0 Å². The number of hydrogen-bond donors (Lipinski definition) is 1. The van der Waals surface area contributed by atoms with Crippen molar-refractivity contribution < 1.29 is 0 Å². The van der Waals surface area contributed by atoms with Crippen LogP contribution in [0.15, 0.2) is 29.4 Å². The standard InChI is InChI=1S/C14H24N2/c1-13(2)12-14-6-10-15-8-4-3-5-9-16-11-7-14/h3-5,8-9,13-15H,6-7,10-12H2,1-2H3/b5-3-,8-4+,16-9-. The highest BCUT2D eigenvalue weighted by Crippen LogP contribution is 2.18. The van der Waals surface area contributed by atoms with Crippen LogP contribution in [0.5, 0.6) is 0 Å². The topological polar surface area (TPSA) is 24.4 Å². The molecule has 1 atom stereocenters. The van der Waals surface area contributed by atoms with E-state index in [-0.39, 0.29) is 0 Å². The number of allylic oxidation sites excluding steroid dienone is 3. The minimum absolute atomic E-state index is 0.789. The summed E-state index contributed by atoms with van der Waals surface area (Å²) in [7, 11) is 0. The fourth-order valence-electron chi connectivity index (χ4n) is 2.05. The second-order valence-electron chi connectivity index (χ2n) is 4.83. The van der Waals surface area contributed by atoms with Crippen LogP contribution in [0.4, 0.5) is 0 Å². The van der Waals surface area contributed by atoms with Crippen LogP contribution in [-0.2, 0) is 0 Å². The van der Waals surface area contributed by atoms with E-state index in [0.29, 0.717) is 0 Å². The van der Waals surface area contributed by atoms with Gasteiger partial charge in [0.1, 0.15) is 0 Å². The summed E-state index contributed by atoms with van der Waals surface area (Å²) in [5.74, 6) is 1.60. The molecular formula is C14H24N2. The van der Waals surface area contributed by atoms with Gasteiger partial charge in [-0.2, -0.15) is 0 Å². The molecule has 0 aromatic heterocycles. The normalized spacial score (nSPS) is 28.6. The van der Waals surface area contributed by atoms with Gasteiger partial charge in [0, 0.05) is 19.3 Å². The predicted octanol–water partition coefficient (Wildman–Crippen LogP) is 3.17. The van der Waals surface area contributed by atoms with Gasteiger partial charge >= 0.3 is 0 Å². The molecule has 1 unspecified atom stereocenters. The molecule has 1 rings (SSSR count). The zero-order valence-electron chi connectivity index (χ0n) is 10.5. The first-order valence-corrected chi connectivity index (χ1v) is 6.34. The van der Waals surface area contributed by atoms with E-state index in [0.717, 1.165) is 24.9 Å². The quantitative estimate of drug-likeness (QED) is 0.759. The molecule has 0 aromatic rings. The molecule has 0 saturated carbocycles. The molecule has 90 valence electrons. The zero-order valence-corrected chi connectivity index (χ0v) is 10.5. The largest absolute Gasteiger partial charge is 0.391 e. The second-order valence-corrected chi connectivity index (χ2v) is 4.83. The lowest BCUT2D eigenvalue weighted by Crippen LogP contribution is -2.15. The Kier molecular flexibility index (Phi) is 6.62. The van der Waals surface area contributed by atoms with Crippen LogP contribution in [0.25, 0.3) is 0 Å². The fourth-order valence-corrected chi connectivity index (χ4v) is 2.05. The Bertz CT molecular complexity index is 251. The van der Waals surface area contributed by atoms with E-state index in [1.807, 2.05) is 30.6 Å². The zero-order chi connectivity index (χ0) is 11.6. The van der Waals surface area contributed by atoms with E-state index in [1.54, 1.807) is 0 Å². The first-order valence-electron chi connectivity index (χ1n) is 6.34. The molecule has 0 saturated heterocycles. The molecule has 0 spiro atoms. The monoisotopic (exact) mass is 220 g/mol. The third-order valence-electron chi connectivity index (χ3n) is 2.80. The van der Waals surface area contributed by atoms with Crippen LogP contribution in [0.2, 0.25) is 0 Å². The van der Waals surface area contributed by atoms with Gasteiger partial charge in [0.15, 0.2) is 0 Å². The van der Waals surface area contributed by atoms with E-state index in [1.165, 1.54) is 19.3 Å². The van der Waals surface area contributed by atoms with Crippen LogP contribution < -0.4 is 5.32 Å². The van der Waals surface area contributed by atoms with Crippen molar-refractivity contribution in [3.8, 4) is 0 Å². The number of nitrogens with zero attached hydrogens (tertiary/aromatic N) is 1. The molecule has 1 aliphatic rings. The summed E-state index contributed by atoms with van der Waals surface area (Å²) < 4.78 is 0. The number of aliphatic imine (C=N–C) groups is 1. The number of hydrogen-bond acceptors (Lipinski definition) is 2. The minimum atomic E-state index is 0.789. The average molecular weight is 220 g/mol. The first kappa shape index (κ1) is 13.0. The third-order valence-corrected chi connectivity index (χ3v) is 2.80. The molecule has 0 fully saturated rings. The smallest absolute Gasteiger partial charge is 0.0391 e. The average Bonchev–Trinajstić information content (AvgIpc) is 2.21. The van der Waals surface area contributed by atoms with E-state index in [4.69, 9.17) is 0 Å². The molecule has 2 heteroatoms. The van der Waals surface area contributed by atoms with Gasteiger partial charge in [-0.1, -0.05) is 19.9 Å². The van der Waals surface area contributed by atoms with Crippen molar-refractivity contribution in [2.75, 3.05) is 13.1 Å². The van der Waals surface area contributed by atoms with Crippen molar-refractivity contribution in [1.29, 1.82) is 0 Å². The summed E-state index contributed by atoms with van der Waals surface area (Å²) in [6, 6.07) is 0. The molecule has 1 heterocycles. The van der Waals surface area contributed by atoms with Gasteiger partial charge in [-0.15, -0.1) is 0 Å². The fraction of sp³-hybridized carbons (Fsp3) is 0.643. The maximum Gasteiger partial charge on any atom is 0.0391 e. The predicted molar refractivity (Wildman–Crippen MR) is 71.8 cm³/mol. The molecule has 0 aliphatic carbocycles. The van der Waals surface area contributed by atoms with E-state index < -0.39 is 0 Å². The molecule has 1 N–H and O–H groups in total. The highest BCUT2D eigenvalue weighted by molar-refractivity contribution is 5.71. The summed E-state index contributed by atoms with van der Waals surface area (Å²) in [6.45, 7) is 6.64. The van der Waals surface area contributed by atoms with Gasteiger partial charge in [-0.05, 0) is 49.5 Å². The Morgan fingerprint density at radius 2 is 2.12 bits per heavy atom. The summed E-state index contributed by atoms with van der Waals surface area (Å²) in [5, 5.41) is 3.33. The molecule has 2 nitrogen and oxygen atoms in total.